The van der Waals surface area contributed by atoms with Crippen molar-refractivity contribution in [3.63, 3.8) is 0 Å². The Bertz CT molecular complexity index is 510. The van der Waals surface area contributed by atoms with E-state index in [0.29, 0.717) is 6.42 Å². The first-order valence-corrected chi connectivity index (χ1v) is 5.11. The van der Waals surface area contributed by atoms with Crippen LogP contribution in [0, 0.1) is 0 Å². The number of methoxy groups -OCH3 is 1. The molecule has 2 rings (SSSR count). The standard InChI is InChI=1S/C12H14N2O2.ClH/c1-16-12(15)10(13)6-8-7-14-11-5-3-2-4-9(8)11;/h2-5,7,10,14H,6,13H2,1H3;1H/t10-;/m1./s1. The minimum atomic E-state index is -0.607. The Labute approximate surface area is 106 Å². The van der Waals surface area contributed by atoms with E-state index in [-0.39, 0.29) is 18.4 Å². The first kappa shape index (κ1) is 13.5. The summed E-state index contributed by atoms with van der Waals surface area (Å²) in [5.41, 5.74) is 7.81. The lowest BCUT2D eigenvalue weighted by atomic mass is 10.1. The fraction of sp³-hybridized carbons (Fsp3) is 0.250. The van der Waals surface area contributed by atoms with Gasteiger partial charge in [0, 0.05) is 23.5 Å². The van der Waals surface area contributed by atoms with Crippen LogP contribution in [0.25, 0.3) is 10.9 Å². The first-order valence-electron chi connectivity index (χ1n) is 5.11. The van der Waals surface area contributed by atoms with Crippen LogP contribution in [0.5, 0.6) is 0 Å². The van der Waals surface area contributed by atoms with Gasteiger partial charge in [-0.05, 0) is 11.6 Å². The number of hydrogen-bond acceptors (Lipinski definition) is 3. The predicted molar refractivity (Wildman–Crippen MR) is 69.2 cm³/mol. The molecule has 0 amide bonds. The van der Waals surface area contributed by atoms with Gasteiger partial charge in [-0.25, -0.2) is 0 Å². The van der Waals surface area contributed by atoms with E-state index in [2.05, 4.69) is 9.72 Å². The normalized spacial score (nSPS) is 11.9. The molecule has 0 unspecified atom stereocenters. The van der Waals surface area contributed by atoms with Crippen LogP contribution in [-0.4, -0.2) is 24.1 Å². The lowest BCUT2D eigenvalue weighted by molar-refractivity contribution is -0.142. The average molecular weight is 255 g/mol. The molecule has 5 heteroatoms. The second kappa shape index (κ2) is 5.70. The lowest BCUT2D eigenvalue weighted by Crippen LogP contribution is -2.33. The van der Waals surface area contributed by atoms with Crippen molar-refractivity contribution in [2.75, 3.05) is 7.11 Å². The van der Waals surface area contributed by atoms with Crippen LogP contribution in [-0.2, 0) is 16.0 Å². The van der Waals surface area contributed by atoms with Crippen LogP contribution in [0.4, 0.5) is 0 Å². The summed E-state index contributed by atoms with van der Waals surface area (Å²) in [6.07, 6.45) is 2.37. The number of nitrogens with one attached hydrogen (secondary N) is 1. The van der Waals surface area contributed by atoms with Crippen molar-refractivity contribution < 1.29 is 9.53 Å². The van der Waals surface area contributed by atoms with Gasteiger partial charge in [-0.3, -0.25) is 4.79 Å². The summed E-state index contributed by atoms with van der Waals surface area (Å²) in [5.74, 6) is -0.384. The number of halogens is 1. The number of ether oxygens (including phenoxy) is 1. The Morgan fingerprint density at radius 1 is 1.47 bits per heavy atom. The maximum absolute atomic E-state index is 11.2. The Balaban J connectivity index is 0.00000144. The number of aromatic nitrogens is 1. The van der Waals surface area contributed by atoms with E-state index in [1.807, 2.05) is 30.5 Å². The highest BCUT2D eigenvalue weighted by Gasteiger charge is 2.16. The third-order valence-electron chi connectivity index (χ3n) is 2.62. The fourth-order valence-electron chi connectivity index (χ4n) is 1.77. The molecular weight excluding hydrogens is 240 g/mol. The molecule has 1 heterocycles. The van der Waals surface area contributed by atoms with Crippen molar-refractivity contribution in [2.45, 2.75) is 12.5 Å². The Kier molecular flexibility index (Phi) is 4.54. The highest BCUT2D eigenvalue weighted by molar-refractivity contribution is 5.85. The number of carbonyl (C=O) groups is 1. The highest BCUT2D eigenvalue weighted by atomic mass is 35.5. The van der Waals surface area contributed by atoms with Crippen molar-refractivity contribution in [1.29, 1.82) is 0 Å². The quantitative estimate of drug-likeness (QED) is 0.818. The summed E-state index contributed by atoms with van der Waals surface area (Å²) < 4.78 is 4.60. The van der Waals surface area contributed by atoms with E-state index in [0.717, 1.165) is 16.5 Å². The van der Waals surface area contributed by atoms with E-state index < -0.39 is 6.04 Å². The zero-order valence-corrected chi connectivity index (χ0v) is 10.3. The molecule has 0 saturated carbocycles. The van der Waals surface area contributed by atoms with Crippen molar-refractivity contribution >= 4 is 29.3 Å². The number of carbonyl (C=O) groups excluding carboxylic acids is 1. The van der Waals surface area contributed by atoms with Gasteiger partial charge in [-0.1, -0.05) is 18.2 Å². The number of rotatable bonds is 3. The zero-order chi connectivity index (χ0) is 11.5. The van der Waals surface area contributed by atoms with Gasteiger partial charge in [0.25, 0.3) is 0 Å². The molecule has 0 radical (unpaired) electrons. The van der Waals surface area contributed by atoms with E-state index in [1.54, 1.807) is 0 Å². The molecule has 1 atom stereocenters. The van der Waals surface area contributed by atoms with Crippen LogP contribution in [0.3, 0.4) is 0 Å². The van der Waals surface area contributed by atoms with Gasteiger partial charge in [0.2, 0.25) is 0 Å². The fourth-order valence-corrected chi connectivity index (χ4v) is 1.77. The Morgan fingerprint density at radius 3 is 2.88 bits per heavy atom. The summed E-state index contributed by atoms with van der Waals surface area (Å²) in [7, 11) is 1.34. The predicted octanol–water partition coefficient (Wildman–Crippen LogP) is 1.63. The van der Waals surface area contributed by atoms with E-state index in [1.165, 1.54) is 7.11 Å². The molecule has 4 nitrogen and oxygen atoms in total. The number of aromatic amines is 1. The van der Waals surface area contributed by atoms with Crippen molar-refractivity contribution in [2.24, 2.45) is 5.73 Å². The molecule has 1 aromatic carbocycles. The Morgan fingerprint density at radius 2 is 2.18 bits per heavy atom. The molecule has 0 aliphatic carbocycles. The monoisotopic (exact) mass is 254 g/mol. The molecular formula is C12H15ClN2O2. The van der Waals surface area contributed by atoms with Crippen LogP contribution in [0.15, 0.2) is 30.5 Å². The smallest absolute Gasteiger partial charge is 0.322 e. The molecule has 0 aliphatic heterocycles. The molecule has 3 N–H and O–H groups in total. The molecule has 0 bridgehead atoms. The molecule has 1 aromatic heterocycles. The van der Waals surface area contributed by atoms with E-state index >= 15 is 0 Å². The minimum Gasteiger partial charge on any atom is -0.468 e. The SMILES string of the molecule is COC(=O)[C@H](N)Cc1c[nH]c2ccccc12.Cl. The summed E-state index contributed by atoms with van der Waals surface area (Å²) >= 11 is 0. The minimum absolute atomic E-state index is 0. The van der Waals surface area contributed by atoms with Gasteiger partial charge in [0.1, 0.15) is 6.04 Å². The van der Waals surface area contributed by atoms with Gasteiger partial charge in [0.15, 0.2) is 0 Å². The van der Waals surface area contributed by atoms with Crippen molar-refractivity contribution in [1.82, 2.24) is 4.98 Å². The molecule has 2 aromatic rings. The second-order valence-electron chi connectivity index (χ2n) is 3.69. The van der Waals surface area contributed by atoms with Gasteiger partial charge in [-0.2, -0.15) is 0 Å². The maximum atomic E-state index is 11.2. The number of hydrogen-bond donors (Lipinski definition) is 2. The van der Waals surface area contributed by atoms with E-state index in [9.17, 15) is 4.79 Å². The molecule has 0 fully saturated rings. The molecule has 92 valence electrons. The van der Waals surface area contributed by atoms with Crippen LogP contribution in [0.1, 0.15) is 5.56 Å². The van der Waals surface area contributed by atoms with Gasteiger partial charge < -0.3 is 15.5 Å². The summed E-state index contributed by atoms with van der Waals surface area (Å²) in [6.45, 7) is 0. The van der Waals surface area contributed by atoms with Crippen LogP contribution < -0.4 is 5.73 Å². The number of benzene rings is 1. The molecule has 0 aliphatic rings. The molecule has 17 heavy (non-hydrogen) atoms. The topological polar surface area (TPSA) is 68.1 Å². The zero-order valence-electron chi connectivity index (χ0n) is 9.47. The summed E-state index contributed by atoms with van der Waals surface area (Å²) in [5, 5.41) is 1.10. The van der Waals surface area contributed by atoms with Gasteiger partial charge in [-0.15, -0.1) is 12.4 Å². The van der Waals surface area contributed by atoms with Crippen LogP contribution >= 0.6 is 12.4 Å². The largest absolute Gasteiger partial charge is 0.468 e. The summed E-state index contributed by atoms with van der Waals surface area (Å²) in [4.78, 5) is 14.4. The number of para-hydroxylation sites is 1. The number of H-pyrrole nitrogens is 1. The van der Waals surface area contributed by atoms with Crippen molar-refractivity contribution in [3.8, 4) is 0 Å². The highest BCUT2D eigenvalue weighted by Crippen LogP contribution is 2.18. The number of esters is 1. The maximum Gasteiger partial charge on any atom is 0.322 e. The lowest BCUT2D eigenvalue weighted by Gasteiger charge is -2.07. The summed E-state index contributed by atoms with van der Waals surface area (Å²) in [6, 6.07) is 7.31. The third kappa shape index (κ3) is 2.78. The molecule has 0 saturated heterocycles. The third-order valence-corrected chi connectivity index (χ3v) is 2.62. The van der Waals surface area contributed by atoms with Gasteiger partial charge in [0.05, 0.1) is 7.11 Å². The van der Waals surface area contributed by atoms with Crippen molar-refractivity contribution in [3.05, 3.63) is 36.0 Å². The first-order chi connectivity index (χ1) is 7.72. The number of nitrogens with two attached hydrogens (primary N) is 1. The number of fused-ring (bicyclic) bond motifs is 1. The van der Waals surface area contributed by atoms with Crippen LogP contribution in [0.2, 0.25) is 0 Å². The van der Waals surface area contributed by atoms with Gasteiger partial charge >= 0.3 is 5.97 Å². The molecule has 0 spiro atoms. The Hall–Kier alpha value is -1.52. The van der Waals surface area contributed by atoms with E-state index in [4.69, 9.17) is 5.73 Å². The second-order valence-corrected chi connectivity index (χ2v) is 3.69. The average Bonchev–Trinajstić information content (AvgIpc) is 2.72.